The van der Waals surface area contributed by atoms with E-state index in [1.807, 2.05) is 6.92 Å². The second-order valence-corrected chi connectivity index (χ2v) is 15.3. The van der Waals surface area contributed by atoms with E-state index in [1.54, 1.807) is 44.7 Å². The highest BCUT2D eigenvalue weighted by Crippen LogP contribution is 2.43. The van der Waals surface area contributed by atoms with Gasteiger partial charge in [-0.15, -0.1) is 0 Å². The second-order valence-electron chi connectivity index (χ2n) is 14.6. The third kappa shape index (κ3) is 9.80. The summed E-state index contributed by atoms with van der Waals surface area (Å²) in [7, 11) is -1.43. The van der Waals surface area contributed by atoms with Gasteiger partial charge >= 0.3 is 14.6 Å². The molecule has 3 heterocycles. The maximum Gasteiger partial charge on any atom is 0.391 e. The fourth-order valence-electron chi connectivity index (χ4n) is 7.21. The van der Waals surface area contributed by atoms with Gasteiger partial charge in [-0.1, -0.05) is 31.1 Å². The summed E-state index contributed by atoms with van der Waals surface area (Å²) in [4.78, 5) is 93.6. The lowest BCUT2D eigenvalue weighted by molar-refractivity contribution is -0.151. The summed E-state index contributed by atoms with van der Waals surface area (Å²) in [5, 5.41) is 6.50. The molecule has 2 aromatic carbocycles. The van der Waals surface area contributed by atoms with E-state index in [1.165, 1.54) is 17.9 Å². The first-order chi connectivity index (χ1) is 27.4. The van der Waals surface area contributed by atoms with Crippen molar-refractivity contribution in [2.24, 2.45) is 5.16 Å². The van der Waals surface area contributed by atoms with E-state index in [2.05, 4.69) is 10.5 Å². The molecule has 2 bridgehead atoms. The molecule has 5 rings (SSSR count). The van der Waals surface area contributed by atoms with Gasteiger partial charge in [0.05, 0.1) is 19.6 Å². The van der Waals surface area contributed by atoms with Gasteiger partial charge in [0, 0.05) is 61.3 Å². The van der Waals surface area contributed by atoms with Crippen LogP contribution in [0.3, 0.4) is 0 Å². The molecule has 1 aromatic heterocycles. The summed E-state index contributed by atoms with van der Waals surface area (Å²) in [6, 6.07) is 5.06. The van der Waals surface area contributed by atoms with Crippen molar-refractivity contribution in [3.63, 3.8) is 0 Å². The highest BCUT2D eigenvalue weighted by Gasteiger charge is 2.44. The van der Waals surface area contributed by atoms with E-state index in [4.69, 9.17) is 23.6 Å². The maximum absolute atomic E-state index is 14.4. The lowest BCUT2D eigenvalue weighted by Gasteiger charge is -2.38. The lowest BCUT2D eigenvalue weighted by Crippen LogP contribution is -2.49. The van der Waals surface area contributed by atoms with E-state index < -0.39 is 85.7 Å². The molecule has 19 heteroatoms. The average molecular weight is 831 g/mol. The predicted octanol–water partition coefficient (Wildman–Crippen LogP) is 4.49. The Bertz CT molecular complexity index is 2160. The van der Waals surface area contributed by atoms with Gasteiger partial charge in [-0.3, -0.25) is 19.2 Å². The molecule has 1 fully saturated rings. The Labute approximate surface area is 333 Å². The summed E-state index contributed by atoms with van der Waals surface area (Å²) in [6.45, 7) is 7.28. The molecule has 16 nitrogen and oxygen atoms in total. The Balaban J connectivity index is 1.49. The lowest BCUT2D eigenvalue weighted by atomic mass is 9.77. The SMILES string of the molecule is CO/C(C)=N/OC1CCC(C)N2CC1n1cc(C(=O)NCc3ccc(F)cc3F)c(=O)c(OCOC(=O)CC(C)(C)c3c(CC=O)cc(C)cc3OP(O)O)c1C2=O. The molecular weight excluding hydrogens is 785 g/mol. The first kappa shape index (κ1) is 43.7. The van der Waals surface area contributed by atoms with Crippen molar-refractivity contribution in [3.05, 3.63) is 91.9 Å². The third-order valence-corrected chi connectivity index (χ3v) is 10.4. The normalized spacial score (nSPS) is 17.9. The Hall–Kier alpha value is -5.45. The average Bonchev–Trinajstić information content (AvgIpc) is 3.28. The molecule has 1 saturated heterocycles. The van der Waals surface area contributed by atoms with Crippen LogP contribution in [0.2, 0.25) is 0 Å². The zero-order chi connectivity index (χ0) is 42.5. The quantitative estimate of drug-likeness (QED) is 0.0369. The number of nitrogens with one attached hydrogen (secondary N) is 1. The van der Waals surface area contributed by atoms with Crippen LogP contribution in [0.5, 0.6) is 11.5 Å². The fourth-order valence-corrected chi connectivity index (χ4v) is 7.53. The number of ether oxygens (including phenoxy) is 3. The number of carbonyl (C=O) groups excluding carboxylic acids is 4. The molecule has 3 unspecified atom stereocenters. The number of esters is 1. The molecule has 2 aliphatic heterocycles. The number of benzene rings is 2. The van der Waals surface area contributed by atoms with Crippen molar-refractivity contribution in [3.8, 4) is 11.5 Å². The maximum atomic E-state index is 14.4. The predicted molar refractivity (Wildman–Crippen MR) is 204 cm³/mol. The second kappa shape index (κ2) is 18.4. The first-order valence-corrected chi connectivity index (χ1v) is 19.4. The number of nitrogens with zero attached hydrogens (tertiary/aromatic N) is 3. The number of hydrogen-bond donors (Lipinski definition) is 3. The van der Waals surface area contributed by atoms with Gasteiger partial charge in [-0.25, -0.2) is 8.78 Å². The van der Waals surface area contributed by atoms with Crippen LogP contribution >= 0.6 is 8.60 Å². The highest BCUT2D eigenvalue weighted by molar-refractivity contribution is 7.39. The van der Waals surface area contributed by atoms with Gasteiger partial charge in [-0.2, -0.15) is 0 Å². The standard InChI is InChI=1S/C39H45F2N4O12P/c1-21-13-24(11-12-46)33(31(14-21)57-58(51)52)39(4,5)16-32(47)54-20-55-36-34-38(50)44-19-29(30(10-7-22(44)2)56-43-23(3)53-6)45(34)18-27(35(36)48)37(49)42-17-25-8-9-26(40)15-28(25)41/h8-9,12-15,18,22,29-30,51-52H,7,10-11,16-17,19-20H2,1-6H3,(H,42,49)/b43-23+. The Morgan fingerprint density at radius 1 is 1.12 bits per heavy atom. The number of aryl methyl sites for hydroxylation is 1. The number of oxime groups is 1. The van der Waals surface area contributed by atoms with E-state index in [9.17, 15) is 42.5 Å². The largest absolute Gasteiger partial charge is 0.482 e. The van der Waals surface area contributed by atoms with Crippen molar-refractivity contribution in [2.45, 2.75) is 90.4 Å². The van der Waals surface area contributed by atoms with E-state index in [0.717, 1.165) is 12.1 Å². The summed E-state index contributed by atoms with van der Waals surface area (Å²) >= 11 is 0. The number of aldehydes is 1. The van der Waals surface area contributed by atoms with Crippen molar-refractivity contribution in [1.82, 2.24) is 14.8 Å². The summed E-state index contributed by atoms with van der Waals surface area (Å²) in [5.41, 5.74) is -1.41. The number of amides is 2. The molecule has 2 aliphatic rings. The molecular formula is C39H45F2N4O12P. The summed E-state index contributed by atoms with van der Waals surface area (Å²) in [5.74, 6) is -4.45. The molecule has 2 amide bonds. The molecule has 312 valence electrons. The zero-order valence-electron chi connectivity index (χ0n) is 32.7. The van der Waals surface area contributed by atoms with Crippen LogP contribution in [0.4, 0.5) is 8.78 Å². The monoisotopic (exact) mass is 830 g/mol. The molecule has 3 aromatic rings. The van der Waals surface area contributed by atoms with Crippen LogP contribution in [0.15, 0.2) is 46.5 Å². The minimum atomic E-state index is -2.85. The topological polar surface area (TPSA) is 205 Å². The van der Waals surface area contributed by atoms with Crippen LogP contribution in [0.1, 0.15) is 96.1 Å². The molecule has 58 heavy (non-hydrogen) atoms. The zero-order valence-corrected chi connectivity index (χ0v) is 33.6. The Morgan fingerprint density at radius 3 is 2.53 bits per heavy atom. The molecule has 0 radical (unpaired) electrons. The van der Waals surface area contributed by atoms with E-state index in [0.29, 0.717) is 41.9 Å². The fraction of sp³-hybridized carbons (Fsp3) is 0.436. The number of aromatic nitrogens is 1. The van der Waals surface area contributed by atoms with Gasteiger partial charge in [0.25, 0.3) is 11.8 Å². The molecule has 3 N–H and O–H groups in total. The molecule has 3 atom stereocenters. The molecule has 0 aliphatic carbocycles. The van der Waals surface area contributed by atoms with Crippen molar-refractivity contribution in [2.75, 3.05) is 20.4 Å². The van der Waals surface area contributed by atoms with Gasteiger partial charge in [-0.05, 0) is 49.9 Å². The number of rotatable bonds is 15. The van der Waals surface area contributed by atoms with Crippen molar-refractivity contribution >= 4 is 38.6 Å². The smallest absolute Gasteiger partial charge is 0.391 e. The minimum absolute atomic E-state index is 0.0568. The number of carbonyl (C=O) groups is 4. The van der Waals surface area contributed by atoms with Crippen LogP contribution in [-0.4, -0.2) is 81.8 Å². The Kier molecular flexibility index (Phi) is 13.9. The van der Waals surface area contributed by atoms with Crippen LogP contribution < -0.4 is 20.0 Å². The summed E-state index contributed by atoms with van der Waals surface area (Å²) < 4.78 is 51.0. The van der Waals surface area contributed by atoms with Crippen LogP contribution in [0, 0.1) is 18.6 Å². The number of fused-ring (bicyclic) bond motifs is 4. The highest BCUT2D eigenvalue weighted by atomic mass is 31.2. The van der Waals surface area contributed by atoms with Gasteiger partial charge in [0.15, 0.2) is 5.69 Å². The summed E-state index contributed by atoms with van der Waals surface area (Å²) in [6.07, 6.45) is 1.68. The first-order valence-electron chi connectivity index (χ1n) is 18.2. The minimum Gasteiger partial charge on any atom is -0.482 e. The number of hydrogen-bond acceptors (Lipinski definition) is 13. The number of methoxy groups -OCH3 is 1. The van der Waals surface area contributed by atoms with Gasteiger partial charge < -0.3 is 52.9 Å². The van der Waals surface area contributed by atoms with Gasteiger partial charge in [0.2, 0.25) is 23.9 Å². The van der Waals surface area contributed by atoms with Crippen molar-refractivity contribution in [1.29, 1.82) is 0 Å². The van der Waals surface area contributed by atoms with Crippen LogP contribution in [-0.2, 0) is 42.3 Å². The van der Waals surface area contributed by atoms with Crippen molar-refractivity contribution < 1.29 is 61.3 Å². The van der Waals surface area contributed by atoms with E-state index >= 15 is 0 Å². The van der Waals surface area contributed by atoms with Gasteiger partial charge in [0.1, 0.15) is 35.3 Å². The van der Waals surface area contributed by atoms with Crippen LogP contribution in [0.25, 0.3) is 0 Å². The number of halogens is 2. The Morgan fingerprint density at radius 2 is 1.86 bits per heavy atom. The van der Waals surface area contributed by atoms with E-state index in [-0.39, 0.29) is 48.3 Å². The number of pyridine rings is 1. The molecule has 0 spiro atoms. The third-order valence-electron chi connectivity index (χ3n) is 10.0. The molecule has 0 saturated carbocycles.